The lowest BCUT2D eigenvalue weighted by molar-refractivity contribution is 0.0951. The van der Waals surface area contributed by atoms with Gasteiger partial charge in [0.25, 0.3) is 5.91 Å². The van der Waals surface area contributed by atoms with E-state index in [-0.39, 0.29) is 5.91 Å². The smallest absolute Gasteiger partial charge is 0.251 e. The molecule has 0 aliphatic carbocycles. The van der Waals surface area contributed by atoms with E-state index < -0.39 is 0 Å². The number of benzene rings is 2. The van der Waals surface area contributed by atoms with E-state index in [2.05, 4.69) is 33.3 Å². The normalized spacial score (nSPS) is 14.6. The van der Waals surface area contributed by atoms with Gasteiger partial charge in [0.2, 0.25) is 0 Å². The highest BCUT2D eigenvalue weighted by molar-refractivity contribution is 6.30. The molecule has 27 heavy (non-hydrogen) atoms. The van der Waals surface area contributed by atoms with Crippen LogP contribution in [-0.4, -0.2) is 50.1 Å². The van der Waals surface area contributed by atoms with E-state index in [1.165, 1.54) is 5.69 Å². The first-order chi connectivity index (χ1) is 13.2. The number of carbonyl (C=O) groups is 1. The number of amides is 1. The van der Waals surface area contributed by atoms with Gasteiger partial charge in [-0.25, -0.2) is 0 Å². The van der Waals surface area contributed by atoms with Gasteiger partial charge in [0.15, 0.2) is 0 Å². The van der Waals surface area contributed by atoms with E-state index in [0.29, 0.717) is 17.7 Å². The van der Waals surface area contributed by atoms with Crippen molar-refractivity contribution in [3.05, 3.63) is 64.7 Å². The second kappa shape index (κ2) is 9.40. The molecule has 6 heteroatoms. The Morgan fingerprint density at radius 3 is 2.33 bits per heavy atom. The summed E-state index contributed by atoms with van der Waals surface area (Å²) in [6, 6.07) is 16.7. The lowest BCUT2D eigenvalue weighted by Crippen LogP contribution is -2.47. The van der Waals surface area contributed by atoms with Crippen molar-refractivity contribution in [1.82, 2.24) is 10.2 Å². The first-order valence-corrected chi connectivity index (χ1v) is 9.55. The lowest BCUT2D eigenvalue weighted by Gasteiger charge is -2.36. The molecule has 0 unspecified atom stereocenters. The van der Waals surface area contributed by atoms with Crippen LogP contribution in [0.15, 0.2) is 48.5 Å². The molecule has 140 valence electrons. The lowest BCUT2D eigenvalue weighted by atomic mass is 10.1. The molecule has 5 nitrogen and oxygen atoms in total. The minimum atomic E-state index is -0.0907. The van der Waals surface area contributed by atoms with Gasteiger partial charge in [0.05, 0.1) is 11.6 Å². The molecule has 0 atom stereocenters. The van der Waals surface area contributed by atoms with Crippen LogP contribution in [0.3, 0.4) is 0 Å². The van der Waals surface area contributed by atoms with Gasteiger partial charge in [0, 0.05) is 49.0 Å². The summed E-state index contributed by atoms with van der Waals surface area (Å²) in [5, 5.41) is 12.5. The molecular weight excluding hydrogens is 360 g/mol. The highest BCUT2D eigenvalue weighted by Crippen LogP contribution is 2.19. The molecule has 1 N–H and O–H groups in total. The summed E-state index contributed by atoms with van der Waals surface area (Å²) in [4.78, 5) is 16.9. The first-order valence-electron chi connectivity index (χ1n) is 9.17. The van der Waals surface area contributed by atoms with Crippen molar-refractivity contribution in [2.45, 2.75) is 6.42 Å². The SMILES string of the molecule is N#Cc1ccc(C(=O)NCCCN2CCN(c3ccc(Cl)cc3)CC2)cc1. The third-order valence-electron chi connectivity index (χ3n) is 4.78. The van der Waals surface area contributed by atoms with Crippen LogP contribution >= 0.6 is 11.6 Å². The summed E-state index contributed by atoms with van der Waals surface area (Å²) in [5.41, 5.74) is 2.36. The standard InChI is InChI=1S/C21H23ClN4O/c22-19-6-8-20(9-7-19)26-14-12-25(13-15-26)11-1-10-24-21(27)18-4-2-17(16-23)3-5-18/h2-9H,1,10-15H2,(H,24,27). The molecule has 0 spiro atoms. The molecule has 2 aromatic rings. The Balaban J connectivity index is 1.35. The fraction of sp³-hybridized carbons (Fsp3) is 0.333. The number of hydrogen-bond donors (Lipinski definition) is 1. The third-order valence-corrected chi connectivity index (χ3v) is 5.03. The van der Waals surface area contributed by atoms with E-state index >= 15 is 0 Å². The number of nitrogens with zero attached hydrogens (tertiary/aromatic N) is 3. The first kappa shape index (κ1) is 19.2. The van der Waals surface area contributed by atoms with Crippen molar-refractivity contribution in [3.63, 3.8) is 0 Å². The summed E-state index contributed by atoms with van der Waals surface area (Å²) >= 11 is 5.95. The molecule has 3 rings (SSSR count). The summed E-state index contributed by atoms with van der Waals surface area (Å²) < 4.78 is 0. The van der Waals surface area contributed by atoms with Crippen LogP contribution in [0.2, 0.25) is 5.02 Å². The van der Waals surface area contributed by atoms with Gasteiger partial charge in [-0.05, 0) is 61.5 Å². The largest absolute Gasteiger partial charge is 0.369 e. The predicted octanol–water partition coefficient (Wildman–Crippen LogP) is 3.15. The zero-order valence-electron chi connectivity index (χ0n) is 15.2. The monoisotopic (exact) mass is 382 g/mol. The molecule has 1 amide bonds. The maximum Gasteiger partial charge on any atom is 0.251 e. The quantitative estimate of drug-likeness (QED) is 0.780. The van der Waals surface area contributed by atoms with E-state index in [0.717, 1.165) is 44.2 Å². The fourth-order valence-electron chi connectivity index (χ4n) is 3.18. The molecule has 2 aromatic carbocycles. The number of rotatable bonds is 6. The van der Waals surface area contributed by atoms with Crippen LogP contribution in [0.25, 0.3) is 0 Å². The maximum absolute atomic E-state index is 12.1. The number of nitriles is 1. The number of nitrogens with one attached hydrogen (secondary N) is 1. The van der Waals surface area contributed by atoms with Crippen LogP contribution in [0, 0.1) is 11.3 Å². The Bertz CT molecular complexity index is 790. The van der Waals surface area contributed by atoms with Crippen molar-refractivity contribution >= 4 is 23.2 Å². The second-order valence-corrected chi connectivity index (χ2v) is 7.04. The molecule has 0 saturated carbocycles. The van der Waals surface area contributed by atoms with E-state index in [1.807, 2.05) is 12.1 Å². The summed E-state index contributed by atoms with van der Waals surface area (Å²) in [6.07, 6.45) is 0.920. The van der Waals surface area contributed by atoms with E-state index in [1.54, 1.807) is 24.3 Å². The van der Waals surface area contributed by atoms with Crippen LogP contribution in [0.4, 0.5) is 5.69 Å². The number of halogens is 1. The average Bonchev–Trinajstić information content (AvgIpc) is 2.72. The van der Waals surface area contributed by atoms with Crippen molar-refractivity contribution in [2.24, 2.45) is 0 Å². The van der Waals surface area contributed by atoms with Crippen LogP contribution in [0.5, 0.6) is 0 Å². The Kier molecular flexibility index (Phi) is 6.69. The summed E-state index contributed by atoms with van der Waals surface area (Å²) in [7, 11) is 0. The molecule has 0 bridgehead atoms. The topological polar surface area (TPSA) is 59.4 Å². The minimum Gasteiger partial charge on any atom is -0.369 e. The number of carbonyl (C=O) groups excluding carboxylic acids is 1. The molecule has 0 radical (unpaired) electrons. The van der Waals surface area contributed by atoms with Gasteiger partial charge in [-0.1, -0.05) is 11.6 Å². The molecular formula is C21H23ClN4O. The molecule has 1 saturated heterocycles. The number of hydrogen-bond acceptors (Lipinski definition) is 4. The highest BCUT2D eigenvalue weighted by Gasteiger charge is 2.16. The summed E-state index contributed by atoms with van der Waals surface area (Å²) in [5.74, 6) is -0.0907. The average molecular weight is 383 g/mol. The van der Waals surface area contributed by atoms with Gasteiger partial charge in [0.1, 0.15) is 0 Å². The predicted molar refractivity (Wildman–Crippen MR) is 108 cm³/mol. The number of piperazine rings is 1. The Morgan fingerprint density at radius 1 is 1.04 bits per heavy atom. The van der Waals surface area contributed by atoms with Gasteiger partial charge in [-0.15, -0.1) is 0 Å². The minimum absolute atomic E-state index is 0.0907. The van der Waals surface area contributed by atoms with Crippen LogP contribution in [-0.2, 0) is 0 Å². The van der Waals surface area contributed by atoms with E-state index in [9.17, 15) is 4.79 Å². The van der Waals surface area contributed by atoms with Crippen molar-refractivity contribution in [2.75, 3.05) is 44.2 Å². The van der Waals surface area contributed by atoms with Crippen molar-refractivity contribution in [3.8, 4) is 6.07 Å². The van der Waals surface area contributed by atoms with Crippen LogP contribution in [0.1, 0.15) is 22.3 Å². The van der Waals surface area contributed by atoms with Gasteiger partial charge in [-0.2, -0.15) is 5.26 Å². The third kappa shape index (κ3) is 5.46. The Labute approximate surface area is 165 Å². The Hall–Kier alpha value is -2.55. The molecule has 1 aliphatic heterocycles. The fourth-order valence-corrected chi connectivity index (χ4v) is 3.31. The van der Waals surface area contributed by atoms with Crippen LogP contribution < -0.4 is 10.2 Å². The van der Waals surface area contributed by atoms with Crippen molar-refractivity contribution in [1.29, 1.82) is 5.26 Å². The zero-order valence-corrected chi connectivity index (χ0v) is 16.0. The highest BCUT2D eigenvalue weighted by atomic mass is 35.5. The van der Waals surface area contributed by atoms with E-state index in [4.69, 9.17) is 16.9 Å². The summed E-state index contributed by atoms with van der Waals surface area (Å²) in [6.45, 7) is 5.66. The second-order valence-electron chi connectivity index (χ2n) is 6.60. The molecule has 1 aliphatic rings. The molecule has 1 heterocycles. The number of anilines is 1. The van der Waals surface area contributed by atoms with Gasteiger partial charge < -0.3 is 10.2 Å². The maximum atomic E-state index is 12.1. The van der Waals surface area contributed by atoms with Gasteiger partial charge in [-0.3, -0.25) is 9.69 Å². The van der Waals surface area contributed by atoms with Crippen molar-refractivity contribution < 1.29 is 4.79 Å². The molecule has 0 aromatic heterocycles. The Morgan fingerprint density at radius 2 is 1.70 bits per heavy atom. The molecule has 1 fully saturated rings. The van der Waals surface area contributed by atoms with Gasteiger partial charge >= 0.3 is 0 Å². The zero-order chi connectivity index (χ0) is 19.1.